The topological polar surface area (TPSA) is 38.9 Å². The number of aromatic nitrogens is 1. The lowest BCUT2D eigenvalue weighted by atomic mass is 9.94. The third kappa shape index (κ3) is 1.63. The van der Waals surface area contributed by atoms with E-state index < -0.39 is 0 Å². The molecule has 0 saturated heterocycles. The fourth-order valence-electron chi connectivity index (χ4n) is 2.35. The molecule has 0 atom stereocenters. The first-order valence-corrected chi connectivity index (χ1v) is 5.95. The molecule has 0 radical (unpaired) electrons. The van der Waals surface area contributed by atoms with E-state index in [4.69, 9.17) is 5.73 Å². The number of benzene rings is 2. The van der Waals surface area contributed by atoms with Gasteiger partial charge in [-0.3, -0.25) is 4.98 Å². The third-order valence-electron chi connectivity index (χ3n) is 3.26. The van der Waals surface area contributed by atoms with Gasteiger partial charge in [0.1, 0.15) is 0 Å². The van der Waals surface area contributed by atoms with Crippen molar-refractivity contribution in [2.45, 2.75) is 6.92 Å². The molecule has 2 aromatic carbocycles. The molecule has 1 aromatic heterocycles. The van der Waals surface area contributed by atoms with Crippen LogP contribution in [0.5, 0.6) is 0 Å². The molecule has 88 valence electrons. The van der Waals surface area contributed by atoms with Crippen molar-refractivity contribution >= 4 is 16.5 Å². The predicted molar refractivity (Wildman–Crippen MR) is 76.3 cm³/mol. The molecule has 0 aliphatic heterocycles. The zero-order valence-corrected chi connectivity index (χ0v) is 10.2. The number of rotatable bonds is 1. The summed E-state index contributed by atoms with van der Waals surface area (Å²) in [5, 5.41) is 2.44. The number of nitrogens with zero attached hydrogens (tertiary/aromatic N) is 1. The molecular weight excluding hydrogens is 220 g/mol. The number of anilines is 1. The fourth-order valence-corrected chi connectivity index (χ4v) is 2.35. The maximum atomic E-state index is 6.07. The van der Waals surface area contributed by atoms with Crippen LogP contribution in [-0.2, 0) is 0 Å². The standard InChI is InChI=1S/C16H14N2/c1-11-6-7-12-4-2-3-5-13(12)16(11)14-10-18-9-8-15(14)17/h2-10H,1H3,(H2,17,18). The van der Waals surface area contributed by atoms with E-state index in [-0.39, 0.29) is 0 Å². The van der Waals surface area contributed by atoms with Crippen molar-refractivity contribution in [2.75, 3.05) is 5.73 Å². The first kappa shape index (κ1) is 10.8. The molecule has 2 nitrogen and oxygen atoms in total. The van der Waals surface area contributed by atoms with Gasteiger partial charge < -0.3 is 5.73 Å². The zero-order valence-electron chi connectivity index (χ0n) is 10.2. The Morgan fingerprint density at radius 3 is 2.67 bits per heavy atom. The van der Waals surface area contributed by atoms with Crippen LogP contribution in [0.2, 0.25) is 0 Å². The fraction of sp³-hybridized carbons (Fsp3) is 0.0625. The summed E-state index contributed by atoms with van der Waals surface area (Å²) in [6, 6.07) is 14.5. The second-order valence-corrected chi connectivity index (χ2v) is 4.44. The van der Waals surface area contributed by atoms with Gasteiger partial charge in [0.15, 0.2) is 0 Å². The van der Waals surface area contributed by atoms with Crippen LogP contribution in [0.25, 0.3) is 21.9 Å². The summed E-state index contributed by atoms with van der Waals surface area (Å²) in [5.41, 5.74) is 10.2. The highest BCUT2D eigenvalue weighted by molar-refractivity contribution is 6.00. The van der Waals surface area contributed by atoms with Crippen LogP contribution in [0.3, 0.4) is 0 Å². The van der Waals surface area contributed by atoms with Gasteiger partial charge >= 0.3 is 0 Å². The van der Waals surface area contributed by atoms with E-state index >= 15 is 0 Å². The number of aryl methyl sites for hydroxylation is 1. The largest absolute Gasteiger partial charge is 0.398 e. The van der Waals surface area contributed by atoms with Gasteiger partial charge in [-0.05, 0) is 34.9 Å². The molecular formula is C16H14N2. The van der Waals surface area contributed by atoms with Crippen molar-refractivity contribution in [2.24, 2.45) is 0 Å². The van der Waals surface area contributed by atoms with E-state index in [0.29, 0.717) is 0 Å². The lowest BCUT2D eigenvalue weighted by Crippen LogP contribution is -1.93. The molecule has 0 amide bonds. The average Bonchev–Trinajstić information content (AvgIpc) is 2.40. The molecule has 0 saturated carbocycles. The Hall–Kier alpha value is -2.35. The summed E-state index contributed by atoms with van der Waals surface area (Å²) < 4.78 is 0. The monoisotopic (exact) mass is 234 g/mol. The molecule has 0 unspecified atom stereocenters. The molecule has 3 aromatic rings. The highest BCUT2D eigenvalue weighted by atomic mass is 14.7. The Labute approximate surface area is 106 Å². The summed E-state index contributed by atoms with van der Waals surface area (Å²) in [7, 11) is 0. The highest BCUT2D eigenvalue weighted by Crippen LogP contribution is 2.34. The minimum atomic E-state index is 0.768. The maximum Gasteiger partial charge on any atom is 0.0425 e. The Balaban J connectivity index is 2.42. The lowest BCUT2D eigenvalue weighted by Gasteiger charge is -2.12. The van der Waals surface area contributed by atoms with Gasteiger partial charge in [-0.1, -0.05) is 36.4 Å². The van der Waals surface area contributed by atoms with E-state index in [9.17, 15) is 0 Å². The van der Waals surface area contributed by atoms with Crippen LogP contribution in [-0.4, -0.2) is 4.98 Å². The van der Waals surface area contributed by atoms with Crippen molar-refractivity contribution in [3.63, 3.8) is 0 Å². The van der Waals surface area contributed by atoms with Gasteiger partial charge in [0.05, 0.1) is 0 Å². The maximum absolute atomic E-state index is 6.07. The zero-order chi connectivity index (χ0) is 12.5. The van der Waals surface area contributed by atoms with Crippen LogP contribution >= 0.6 is 0 Å². The molecule has 3 rings (SSSR count). The van der Waals surface area contributed by atoms with E-state index in [1.54, 1.807) is 6.20 Å². The second kappa shape index (κ2) is 4.15. The van der Waals surface area contributed by atoms with Gasteiger partial charge in [0, 0.05) is 23.6 Å². The van der Waals surface area contributed by atoms with Gasteiger partial charge in [-0.2, -0.15) is 0 Å². The number of nitrogen functional groups attached to an aromatic ring is 1. The van der Waals surface area contributed by atoms with E-state index in [1.807, 2.05) is 18.3 Å². The molecule has 0 aliphatic carbocycles. The average molecular weight is 234 g/mol. The first-order valence-electron chi connectivity index (χ1n) is 5.95. The van der Waals surface area contributed by atoms with E-state index in [1.165, 1.54) is 21.9 Å². The number of fused-ring (bicyclic) bond motifs is 1. The number of pyridine rings is 1. The molecule has 2 N–H and O–H groups in total. The summed E-state index contributed by atoms with van der Waals surface area (Å²) in [6.07, 6.45) is 3.56. The van der Waals surface area contributed by atoms with Crippen molar-refractivity contribution in [3.8, 4) is 11.1 Å². The smallest absolute Gasteiger partial charge is 0.0425 e. The van der Waals surface area contributed by atoms with Gasteiger partial charge in [-0.15, -0.1) is 0 Å². The number of hydrogen-bond acceptors (Lipinski definition) is 2. The number of nitrogens with two attached hydrogens (primary N) is 1. The van der Waals surface area contributed by atoms with Crippen molar-refractivity contribution in [1.29, 1.82) is 0 Å². The molecule has 2 heteroatoms. The van der Waals surface area contributed by atoms with Gasteiger partial charge in [0.25, 0.3) is 0 Å². The third-order valence-corrected chi connectivity index (χ3v) is 3.26. The normalized spacial score (nSPS) is 10.7. The summed E-state index contributed by atoms with van der Waals surface area (Å²) in [6.45, 7) is 2.11. The molecule has 0 aliphatic rings. The van der Waals surface area contributed by atoms with Crippen LogP contribution in [0.4, 0.5) is 5.69 Å². The Morgan fingerprint density at radius 1 is 1.00 bits per heavy atom. The van der Waals surface area contributed by atoms with Gasteiger partial charge in [0.2, 0.25) is 0 Å². The summed E-state index contributed by atoms with van der Waals surface area (Å²) >= 11 is 0. The lowest BCUT2D eigenvalue weighted by molar-refractivity contribution is 1.33. The van der Waals surface area contributed by atoms with Crippen LogP contribution in [0, 0.1) is 6.92 Å². The van der Waals surface area contributed by atoms with Crippen LogP contribution in [0.15, 0.2) is 54.9 Å². The number of hydrogen-bond donors (Lipinski definition) is 1. The molecule has 0 fully saturated rings. The van der Waals surface area contributed by atoms with E-state index in [0.717, 1.165) is 11.3 Å². The Kier molecular flexibility index (Phi) is 2.49. The SMILES string of the molecule is Cc1ccc2ccccc2c1-c1cnccc1N. The molecule has 0 bridgehead atoms. The van der Waals surface area contributed by atoms with Gasteiger partial charge in [-0.25, -0.2) is 0 Å². The van der Waals surface area contributed by atoms with Crippen LogP contribution < -0.4 is 5.73 Å². The Bertz CT molecular complexity index is 717. The van der Waals surface area contributed by atoms with Crippen molar-refractivity contribution < 1.29 is 0 Å². The van der Waals surface area contributed by atoms with Crippen molar-refractivity contribution in [3.05, 3.63) is 60.4 Å². The highest BCUT2D eigenvalue weighted by Gasteiger charge is 2.09. The van der Waals surface area contributed by atoms with Crippen molar-refractivity contribution in [1.82, 2.24) is 4.98 Å². The summed E-state index contributed by atoms with van der Waals surface area (Å²) in [4.78, 5) is 4.19. The summed E-state index contributed by atoms with van der Waals surface area (Å²) in [5.74, 6) is 0. The second-order valence-electron chi connectivity index (χ2n) is 4.44. The minimum Gasteiger partial charge on any atom is -0.398 e. The molecule has 18 heavy (non-hydrogen) atoms. The molecule has 1 heterocycles. The first-order chi connectivity index (χ1) is 8.77. The van der Waals surface area contributed by atoms with Crippen LogP contribution in [0.1, 0.15) is 5.56 Å². The molecule has 0 spiro atoms. The quantitative estimate of drug-likeness (QED) is 0.695. The Morgan fingerprint density at radius 2 is 1.83 bits per heavy atom. The van der Waals surface area contributed by atoms with E-state index in [2.05, 4.69) is 42.2 Å². The minimum absolute atomic E-state index is 0.768. The predicted octanol–water partition coefficient (Wildman–Crippen LogP) is 3.79.